The Labute approximate surface area is 106 Å². The van der Waals surface area contributed by atoms with Crippen molar-refractivity contribution in [3.05, 3.63) is 36.0 Å². The topological polar surface area (TPSA) is 60.2 Å². The molecule has 0 saturated heterocycles. The van der Waals surface area contributed by atoms with Gasteiger partial charge in [0.1, 0.15) is 5.75 Å². The third-order valence-corrected chi connectivity index (χ3v) is 2.34. The summed E-state index contributed by atoms with van der Waals surface area (Å²) in [6.07, 6.45) is 1.01. The van der Waals surface area contributed by atoms with Crippen molar-refractivity contribution in [1.82, 2.24) is 10.2 Å². The zero-order chi connectivity index (χ0) is 12.8. The van der Waals surface area contributed by atoms with Crippen LogP contribution in [0.25, 0.3) is 0 Å². The van der Waals surface area contributed by atoms with Crippen LogP contribution in [0.1, 0.15) is 25.1 Å². The van der Waals surface area contributed by atoms with E-state index in [1.165, 1.54) is 0 Å². The minimum Gasteiger partial charge on any atom is -0.494 e. The second-order valence-electron chi connectivity index (χ2n) is 3.94. The number of ether oxygens (including phenoxy) is 1. The van der Waals surface area contributed by atoms with E-state index in [4.69, 9.17) is 9.15 Å². The van der Waals surface area contributed by atoms with Gasteiger partial charge in [-0.1, -0.05) is 6.92 Å². The highest BCUT2D eigenvalue weighted by atomic mass is 16.5. The minimum atomic E-state index is 0.524. The zero-order valence-corrected chi connectivity index (χ0v) is 10.6. The molecule has 0 aliphatic rings. The van der Waals surface area contributed by atoms with Crippen LogP contribution in [0.4, 0.5) is 5.69 Å². The summed E-state index contributed by atoms with van der Waals surface area (Å²) in [4.78, 5) is 0. The normalized spacial score (nSPS) is 10.3. The molecule has 0 radical (unpaired) electrons. The molecule has 96 valence electrons. The first kappa shape index (κ1) is 12.4. The van der Waals surface area contributed by atoms with Crippen LogP contribution in [-0.2, 0) is 6.54 Å². The average Bonchev–Trinajstić information content (AvgIpc) is 2.81. The minimum absolute atomic E-state index is 0.524. The fourth-order valence-corrected chi connectivity index (χ4v) is 1.48. The number of aromatic nitrogens is 2. The van der Waals surface area contributed by atoms with Gasteiger partial charge < -0.3 is 14.5 Å². The van der Waals surface area contributed by atoms with E-state index in [0.717, 1.165) is 24.5 Å². The van der Waals surface area contributed by atoms with E-state index in [2.05, 4.69) is 22.4 Å². The van der Waals surface area contributed by atoms with Gasteiger partial charge in [0.25, 0.3) is 0 Å². The predicted molar refractivity (Wildman–Crippen MR) is 68.6 cm³/mol. The van der Waals surface area contributed by atoms with Crippen LogP contribution in [0.2, 0.25) is 0 Å². The van der Waals surface area contributed by atoms with Crippen molar-refractivity contribution in [2.45, 2.75) is 26.8 Å². The SMILES string of the molecule is CCCOc1ccc(NCc2nnc(C)o2)cc1. The first-order chi connectivity index (χ1) is 8.78. The molecule has 0 atom stereocenters. The molecular weight excluding hydrogens is 230 g/mol. The lowest BCUT2D eigenvalue weighted by molar-refractivity contribution is 0.317. The molecule has 18 heavy (non-hydrogen) atoms. The number of nitrogens with one attached hydrogen (secondary N) is 1. The van der Waals surface area contributed by atoms with Gasteiger partial charge in [-0.05, 0) is 30.7 Å². The molecule has 5 nitrogen and oxygen atoms in total. The van der Waals surface area contributed by atoms with Gasteiger partial charge in [0.05, 0.1) is 13.2 Å². The molecule has 0 fully saturated rings. The first-order valence-electron chi connectivity index (χ1n) is 6.03. The Morgan fingerprint density at radius 2 is 2.00 bits per heavy atom. The fourth-order valence-electron chi connectivity index (χ4n) is 1.48. The highest BCUT2D eigenvalue weighted by Crippen LogP contribution is 2.16. The lowest BCUT2D eigenvalue weighted by atomic mass is 10.3. The Bertz CT molecular complexity index is 479. The second-order valence-corrected chi connectivity index (χ2v) is 3.94. The monoisotopic (exact) mass is 247 g/mol. The third-order valence-electron chi connectivity index (χ3n) is 2.34. The van der Waals surface area contributed by atoms with Crippen molar-refractivity contribution in [2.75, 3.05) is 11.9 Å². The number of aryl methyl sites for hydroxylation is 1. The number of nitrogens with zero attached hydrogens (tertiary/aromatic N) is 2. The van der Waals surface area contributed by atoms with Gasteiger partial charge in [0, 0.05) is 12.6 Å². The van der Waals surface area contributed by atoms with Gasteiger partial charge in [-0.15, -0.1) is 10.2 Å². The molecule has 1 aromatic carbocycles. The van der Waals surface area contributed by atoms with E-state index in [1.807, 2.05) is 24.3 Å². The van der Waals surface area contributed by atoms with Crippen molar-refractivity contribution in [1.29, 1.82) is 0 Å². The molecule has 2 rings (SSSR count). The van der Waals surface area contributed by atoms with E-state index in [0.29, 0.717) is 18.3 Å². The van der Waals surface area contributed by atoms with Crippen LogP contribution in [0.5, 0.6) is 5.75 Å². The molecule has 2 aromatic rings. The van der Waals surface area contributed by atoms with Gasteiger partial charge in [-0.2, -0.15) is 0 Å². The van der Waals surface area contributed by atoms with Crippen LogP contribution in [0.15, 0.2) is 28.7 Å². The van der Waals surface area contributed by atoms with E-state index in [-0.39, 0.29) is 0 Å². The number of anilines is 1. The van der Waals surface area contributed by atoms with E-state index in [9.17, 15) is 0 Å². The summed E-state index contributed by atoms with van der Waals surface area (Å²) in [6, 6.07) is 7.82. The summed E-state index contributed by atoms with van der Waals surface area (Å²) in [5, 5.41) is 10.9. The Morgan fingerprint density at radius 3 is 2.61 bits per heavy atom. The van der Waals surface area contributed by atoms with Crippen molar-refractivity contribution in [3.8, 4) is 5.75 Å². The van der Waals surface area contributed by atoms with Crippen LogP contribution in [-0.4, -0.2) is 16.8 Å². The smallest absolute Gasteiger partial charge is 0.235 e. The largest absolute Gasteiger partial charge is 0.494 e. The zero-order valence-electron chi connectivity index (χ0n) is 10.6. The summed E-state index contributed by atoms with van der Waals surface area (Å²) in [6.45, 7) is 5.13. The molecule has 0 unspecified atom stereocenters. The maximum absolute atomic E-state index is 5.51. The standard InChI is InChI=1S/C13H17N3O2/c1-3-8-17-12-6-4-11(5-7-12)14-9-13-16-15-10(2)18-13/h4-7,14H,3,8-9H2,1-2H3. The second kappa shape index (κ2) is 6.05. The number of rotatable bonds is 6. The van der Waals surface area contributed by atoms with Gasteiger partial charge in [0.15, 0.2) is 0 Å². The molecule has 0 saturated carbocycles. The first-order valence-corrected chi connectivity index (χ1v) is 6.03. The van der Waals surface area contributed by atoms with E-state index in [1.54, 1.807) is 6.92 Å². The number of hydrogen-bond acceptors (Lipinski definition) is 5. The summed E-state index contributed by atoms with van der Waals surface area (Å²) in [5.41, 5.74) is 0.995. The molecule has 0 amide bonds. The number of hydrogen-bond donors (Lipinski definition) is 1. The lowest BCUT2D eigenvalue weighted by Gasteiger charge is -2.06. The Hall–Kier alpha value is -2.04. The quantitative estimate of drug-likeness (QED) is 0.850. The molecule has 5 heteroatoms. The van der Waals surface area contributed by atoms with Crippen molar-refractivity contribution < 1.29 is 9.15 Å². The van der Waals surface area contributed by atoms with Crippen LogP contribution >= 0.6 is 0 Å². The molecule has 0 aliphatic heterocycles. The summed E-state index contributed by atoms with van der Waals surface area (Å²) >= 11 is 0. The fraction of sp³-hybridized carbons (Fsp3) is 0.385. The predicted octanol–water partition coefficient (Wildman–Crippen LogP) is 2.78. The Morgan fingerprint density at radius 1 is 1.22 bits per heavy atom. The van der Waals surface area contributed by atoms with E-state index < -0.39 is 0 Å². The maximum Gasteiger partial charge on any atom is 0.235 e. The average molecular weight is 247 g/mol. The molecule has 1 N–H and O–H groups in total. The van der Waals surface area contributed by atoms with Gasteiger partial charge >= 0.3 is 0 Å². The van der Waals surface area contributed by atoms with Gasteiger partial charge in [-0.25, -0.2) is 0 Å². The highest BCUT2D eigenvalue weighted by Gasteiger charge is 2.01. The molecule has 1 heterocycles. The third kappa shape index (κ3) is 3.48. The molecule has 0 aliphatic carbocycles. The van der Waals surface area contributed by atoms with Crippen molar-refractivity contribution in [2.24, 2.45) is 0 Å². The molecule has 1 aromatic heterocycles. The summed E-state index contributed by atoms with van der Waals surface area (Å²) < 4.78 is 10.8. The van der Waals surface area contributed by atoms with Crippen molar-refractivity contribution in [3.63, 3.8) is 0 Å². The van der Waals surface area contributed by atoms with Crippen molar-refractivity contribution >= 4 is 5.69 Å². The van der Waals surface area contributed by atoms with Gasteiger partial charge in [-0.3, -0.25) is 0 Å². The van der Waals surface area contributed by atoms with Gasteiger partial charge in [0.2, 0.25) is 11.8 Å². The molecule has 0 spiro atoms. The number of benzene rings is 1. The Kier molecular flexibility index (Phi) is 4.17. The lowest BCUT2D eigenvalue weighted by Crippen LogP contribution is -2.00. The van der Waals surface area contributed by atoms with Crippen LogP contribution < -0.4 is 10.1 Å². The molecule has 0 bridgehead atoms. The van der Waals surface area contributed by atoms with Crippen LogP contribution in [0.3, 0.4) is 0 Å². The summed E-state index contributed by atoms with van der Waals surface area (Å²) in [5.74, 6) is 2.05. The summed E-state index contributed by atoms with van der Waals surface area (Å²) in [7, 11) is 0. The van der Waals surface area contributed by atoms with Crippen LogP contribution in [0, 0.1) is 6.92 Å². The molecular formula is C13H17N3O2. The highest BCUT2D eigenvalue weighted by molar-refractivity contribution is 5.46. The van der Waals surface area contributed by atoms with E-state index >= 15 is 0 Å². The maximum atomic E-state index is 5.51. The Balaban J connectivity index is 1.86.